The minimum absolute atomic E-state index is 0.618. The van der Waals surface area contributed by atoms with Gasteiger partial charge in [0.2, 0.25) is 0 Å². The maximum absolute atomic E-state index is 5.40. The average molecular weight is 183 g/mol. The van der Waals surface area contributed by atoms with Gasteiger partial charge in [-0.05, 0) is 18.9 Å². The third-order valence-electron chi connectivity index (χ3n) is 1.62. The van der Waals surface area contributed by atoms with Gasteiger partial charge in [0.25, 0.3) is 0 Å². The van der Waals surface area contributed by atoms with Gasteiger partial charge in [0.15, 0.2) is 5.88 Å². The van der Waals surface area contributed by atoms with Gasteiger partial charge >= 0.3 is 0 Å². The molecule has 3 heteroatoms. The highest BCUT2D eigenvalue weighted by molar-refractivity contribution is 5.05. The topological polar surface area (TPSA) is 30.5 Å². The minimum Gasteiger partial charge on any atom is -0.477 e. The van der Waals surface area contributed by atoms with E-state index in [1.807, 2.05) is 18.4 Å². The normalized spacial score (nSPS) is 15.0. The van der Waals surface area contributed by atoms with E-state index in [0.717, 1.165) is 25.3 Å². The lowest BCUT2D eigenvalue weighted by Gasteiger charge is -2.12. The van der Waals surface area contributed by atoms with Crippen molar-refractivity contribution in [2.75, 3.05) is 19.8 Å². The molecule has 0 aliphatic carbocycles. The summed E-state index contributed by atoms with van der Waals surface area (Å²) >= 11 is 0. The lowest BCUT2D eigenvalue weighted by molar-refractivity contribution is 0.0719. The molecular formula is C10H17NO2. The SMILES string of the molecule is CCCOCCOC1=CCC=CN1. The Kier molecular flexibility index (Phi) is 5.10. The fourth-order valence-electron chi connectivity index (χ4n) is 1.00. The molecule has 13 heavy (non-hydrogen) atoms. The standard InChI is InChI=1S/C10H17NO2/c1-2-7-12-8-9-13-10-5-3-4-6-11-10/h4-6,11H,2-3,7-9H2,1H3. The van der Waals surface area contributed by atoms with E-state index in [-0.39, 0.29) is 0 Å². The molecule has 0 radical (unpaired) electrons. The number of hydrogen-bond acceptors (Lipinski definition) is 3. The van der Waals surface area contributed by atoms with Crippen LogP contribution in [0.1, 0.15) is 19.8 Å². The van der Waals surface area contributed by atoms with Crippen molar-refractivity contribution < 1.29 is 9.47 Å². The molecule has 1 aliphatic rings. The quantitative estimate of drug-likeness (QED) is 0.637. The van der Waals surface area contributed by atoms with Crippen molar-refractivity contribution in [1.29, 1.82) is 0 Å². The number of ether oxygens (including phenoxy) is 2. The van der Waals surface area contributed by atoms with Gasteiger partial charge in [0.1, 0.15) is 6.61 Å². The highest BCUT2D eigenvalue weighted by atomic mass is 16.5. The van der Waals surface area contributed by atoms with Gasteiger partial charge in [0, 0.05) is 12.8 Å². The summed E-state index contributed by atoms with van der Waals surface area (Å²) in [6, 6.07) is 0. The fourth-order valence-corrected chi connectivity index (χ4v) is 1.00. The molecule has 0 amide bonds. The summed E-state index contributed by atoms with van der Waals surface area (Å²) in [7, 11) is 0. The van der Waals surface area contributed by atoms with Gasteiger partial charge in [-0.2, -0.15) is 0 Å². The molecular weight excluding hydrogens is 166 g/mol. The molecule has 0 saturated heterocycles. The lowest BCUT2D eigenvalue weighted by atomic mass is 10.3. The van der Waals surface area contributed by atoms with E-state index >= 15 is 0 Å². The largest absolute Gasteiger partial charge is 0.477 e. The molecule has 0 aromatic rings. The van der Waals surface area contributed by atoms with E-state index in [4.69, 9.17) is 9.47 Å². The zero-order chi connectivity index (χ0) is 9.36. The first-order chi connectivity index (χ1) is 6.43. The predicted molar refractivity (Wildman–Crippen MR) is 52.0 cm³/mol. The first-order valence-corrected chi connectivity index (χ1v) is 4.75. The summed E-state index contributed by atoms with van der Waals surface area (Å²) in [5.74, 6) is 0.836. The maximum atomic E-state index is 5.40. The van der Waals surface area contributed by atoms with Gasteiger partial charge in [0.05, 0.1) is 6.61 Å². The van der Waals surface area contributed by atoms with Crippen LogP contribution in [0.3, 0.4) is 0 Å². The summed E-state index contributed by atoms with van der Waals surface area (Å²) < 4.78 is 10.7. The number of hydrogen-bond donors (Lipinski definition) is 1. The molecule has 0 fully saturated rings. The number of allylic oxidation sites excluding steroid dienone is 2. The first-order valence-electron chi connectivity index (χ1n) is 4.75. The van der Waals surface area contributed by atoms with E-state index < -0.39 is 0 Å². The van der Waals surface area contributed by atoms with Gasteiger partial charge in [-0.25, -0.2) is 0 Å². The maximum Gasteiger partial charge on any atom is 0.186 e. The van der Waals surface area contributed by atoms with E-state index in [9.17, 15) is 0 Å². The summed E-state index contributed by atoms with van der Waals surface area (Å²) in [5.41, 5.74) is 0. The number of rotatable bonds is 6. The van der Waals surface area contributed by atoms with Crippen molar-refractivity contribution in [3.63, 3.8) is 0 Å². The van der Waals surface area contributed by atoms with Crippen LogP contribution in [0.15, 0.2) is 24.2 Å². The van der Waals surface area contributed by atoms with Gasteiger partial charge in [-0.3, -0.25) is 0 Å². The third-order valence-corrected chi connectivity index (χ3v) is 1.62. The van der Waals surface area contributed by atoms with Crippen LogP contribution in [0.5, 0.6) is 0 Å². The van der Waals surface area contributed by atoms with E-state index in [0.29, 0.717) is 13.2 Å². The number of dihydropyridines is 1. The van der Waals surface area contributed by atoms with Gasteiger partial charge in [-0.1, -0.05) is 13.0 Å². The Morgan fingerprint density at radius 1 is 1.38 bits per heavy atom. The van der Waals surface area contributed by atoms with Crippen LogP contribution < -0.4 is 5.32 Å². The minimum atomic E-state index is 0.618. The second kappa shape index (κ2) is 6.54. The fraction of sp³-hybridized carbons (Fsp3) is 0.600. The highest BCUT2D eigenvalue weighted by Gasteiger charge is 1.97. The smallest absolute Gasteiger partial charge is 0.186 e. The Morgan fingerprint density at radius 3 is 3.00 bits per heavy atom. The van der Waals surface area contributed by atoms with Crippen molar-refractivity contribution in [2.24, 2.45) is 0 Å². The molecule has 0 saturated carbocycles. The zero-order valence-electron chi connectivity index (χ0n) is 8.08. The monoisotopic (exact) mass is 183 g/mol. The molecule has 0 bridgehead atoms. The molecule has 0 atom stereocenters. The average Bonchev–Trinajstić information content (AvgIpc) is 2.19. The summed E-state index contributed by atoms with van der Waals surface area (Å²) in [6.07, 6.45) is 7.95. The van der Waals surface area contributed by atoms with E-state index in [2.05, 4.69) is 12.2 Å². The van der Waals surface area contributed by atoms with Gasteiger partial charge < -0.3 is 14.8 Å². The number of nitrogens with one attached hydrogen (secondary N) is 1. The molecule has 1 N–H and O–H groups in total. The van der Waals surface area contributed by atoms with Crippen molar-refractivity contribution in [1.82, 2.24) is 5.32 Å². The van der Waals surface area contributed by atoms with Crippen molar-refractivity contribution >= 4 is 0 Å². The molecule has 0 unspecified atom stereocenters. The zero-order valence-corrected chi connectivity index (χ0v) is 8.08. The Hall–Kier alpha value is -0.960. The van der Waals surface area contributed by atoms with Crippen LogP contribution in [-0.4, -0.2) is 19.8 Å². The Morgan fingerprint density at radius 2 is 2.31 bits per heavy atom. The predicted octanol–water partition coefficient (Wildman–Crippen LogP) is 1.78. The van der Waals surface area contributed by atoms with Crippen LogP contribution in [0.25, 0.3) is 0 Å². The molecule has 1 rings (SSSR count). The van der Waals surface area contributed by atoms with Gasteiger partial charge in [-0.15, -0.1) is 0 Å². The molecule has 1 heterocycles. The van der Waals surface area contributed by atoms with Crippen LogP contribution in [-0.2, 0) is 9.47 Å². The van der Waals surface area contributed by atoms with Crippen molar-refractivity contribution in [3.8, 4) is 0 Å². The molecule has 0 spiro atoms. The van der Waals surface area contributed by atoms with Crippen LogP contribution in [0.2, 0.25) is 0 Å². The van der Waals surface area contributed by atoms with E-state index in [1.165, 1.54) is 0 Å². The Labute approximate surface area is 79.4 Å². The van der Waals surface area contributed by atoms with Crippen LogP contribution in [0, 0.1) is 0 Å². The summed E-state index contributed by atoms with van der Waals surface area (Å²) in [4.78, 5) is 0. The summed E-state index contributed by atoms with van der Waals surface area (Å²) in [5, 5.41) is 3.01. The molecule has 3 nitrogen and oxygen atoms in total. The van der Waals surface area contributed by atoms with Crippen LogP contribution >= 0.6 is 0 Å². The Bertz CT molecular complexity index is 187. The summed E-state index contributed by atoms with van der Waals surface area (Å²) in [6.45, 7) is 4.19. The molecule has 74 valence electrons. The van der Waals surface area contributed by atoms with Crippen molar-refractivity contribution in [3.05, 3.63) is 24.2 Å². The lowest BCUT2D eigenvalue weighted by Crippen LogP contribution is -2.14. The second-order valence-electron chi connectivity index (χ2n) is 2.81. The Balaban J connectivity index is 1.96. The molecule has 0 aromatic carbocycles. The first kappa shape index (κ1) is 10.1. The highest BCUT2D eigenvalue weighted by Crippen LogP contribution is 2.01. The molecule has 1 aliphatic heterocycles. The van der Waals surface area contributed by atoms with E-state index in [1.54, 1.807) is 0 Å². The third kappa shape index (κ3) is 4.58. The van der Waals surface area contributed by atoms with Crippen LogP contribution in [0.4, 0.5) is 0 Å². The molecule has 0 aromatic heterocycles. The van der Waals surface area contributed by atoms with Crippen molar-refractivity contribution in [2.45, 2.75) is 19.8 Å². The second-order valence-corrected chi connectivity index (χ2v) is 2.81.